The van der Waals surface area contributed by atoms with Crippen LogP contribution in [0.3, 0.4) is 0 Å². The van der Waals surface area contributed by atoms with Gasteiger partial charge in [0, 0.05) is 24.0 Å². The van der Waals surface area contributed by atoms with E-state index in [1.54, 1.807) is 12.1 Å². The van der Waals surface area contributed by atoms with Crippen molar-refractivity contribution in [1.29, 1.82) is 0 Å². The van der Waals surface area contributed by atoms with E-state index in [4.69, 9.17) is 16.6 Å². The number of carboxylic acids is 1. The number of hydrogen-bond donors (Lipinski definition) is 2. The molecule has 2 fully saturated rings. The van der Waals surface area contributed by atoms with Crippen molar-refractivity contribution in [3.05, 3.63) is 58.4 Å². The van der Waals surface area contributed by atoms with Crippen LogP contribution in [0.5, 0.6) is 0 Å². The molecule has 1 aliphatic carbocycles. The molecule has 2 aliphatic rings. The molecule has 6 nitrogen and oxygen atoms in total. The first-order chi connectivity index (χ1) is 15.3. The summed E-state index contributed by atoms with van der Waals surface area (Å²) < 4.78 is 0. The molecule has 32 heavy (non-hydrogen) atoms. The molecule has 1 saturated heterocycles. The van der Waals surface area contributed by atoms with Crippen LogP contribution in [0.25, 0.3) is 10.9 Å². The fourth-order valence-electron chi connectivity index (χ4n) is 4.83. The Hall–Kier alpha value is -2.86. The lowest BCUT2D eigenvalue weighted by Gasteiger charge is -2.33. The first-order valence-corrected chi connectivity index (χ1v) is 11.5. The number of nitrogens with zero attached hydrogens (tertiary/aromatic N) is 3. The van der Waals surface area contributed by atoms with Gasteiger partial charge in [-0.3, -0.25) is 0 Å². The SMILES string of the molecule is Cc1cc([C@H](C)Nc2ccc(Cl)nc2C(=O)O)c2nc(N3CCC4(CC3)CC4)ccc2c1. The molecule has 0 unspecified atom stereocenters. The molecule has 1 saturated carbocycles. The van der Waals surface area contributed by atoms with Crippen molar-refractivity contribution in [1.82, 2.24) is 9.97 Å². The number of rotatable bonds is 5. The van der Waals surface area contributed by atoms with Gasteiger partial charge in [0.15, 0.2) is 5.69 Å². The minimum absolute atomic E-state index is 0.0859. The molecule has 1 atom stereocenters. The van der Waals surface area contributed by atoms with Crippen LogP contribution in [-0.2, 0) is 0 Å². The van der Waals surface area contributed by atoms with E-state index < -0.39 is 5.97 Å². The summed E-state index contributed by atoms with van der Waals surface area (Å²) in [6, 6.07) is 11.6. The van der Waals surface area contributed by atoms with E-state index in [1.165, 1.54) is 25.7 Å². The van der Waals surface area contributed by atoms with Gasteiger partial charge in [0.1, 0.15) is 11.0 Å². The smallest absolute Gasteiger partial charge is 0.356 e. The molecule has 0 radical (unpaired) electrons. The molecule has 5 rings (SSSR count). The number of aromatic nitrogens is 2. The van der Waals surface area contributed by atoms with Crippen LogP contribution in [0, 0.1) is 12.3 Å². The third-order valence-electron chi connectivity index (χ3n) is 6.96. The third-order valence-corrected chi connectivity index (χ3v) is 7.17. The van der Waals surface area contributed by atoms with Crippen molar-refractivity contribution in [2.24, 2.45) is 5.41 Å². The molecule has 3 aromatic rings. The topological polar surface area (TPSA) is 78.3 Å². The van der Waals surface area contributed by atoms with E-state index in [0.717, 1.165) is 40.9 Å². The highest BCUT2D eigenvalue weighted by atomic mass is 35.5. The number of anilines is 2. The number of piperidine rings is 1. The average molecular weight is 451 g/mol. The Morgan fingerprint density at radius 2 is 1.88 bits per heavy atom. The number of hydrogen-bond acceptors (Lipinski definition) is 5. The molecular weight excluding hydrogens is 424 g/mol. The minimum Gasteiger partial charge on any atom is -0.476 e. The number of carboxylic acid groups (broad SMARTS) is 1. The Morgan fingerprint density at radius 1 is 1.12 bits per heavy atom. The molecule has 0 bridgehead atoms. The summed E-state index contributed by atoms with van der Waals surface area (Å²) in [5.41, 5.74) is 4.09. The number of carbonyl (C=O) groups is 1. The summed E-state index contributed by atoms with van der Waals surface area (Å²) in [7, 11) is 0. The zero-order valence-electron chi connectivity index (χ0n) is 18.4. The Bertz CT molecular complexity index is 1200. The summed E-state index contributed by atoms with van der Waals surface area (Å²) in [6.07, 6.45) is 5.28. The number of halogens is 1. The highest BCUT2D eigenvalue weighted by molar-refractivity contribution is 6.29. The highest BCUT2D eigenvalue weighted by Crippen LogP contribution is 2.53. The second-order valence-electron chi connectivity index (χ2n) is 9.28. The van der Waals surface area contributed by atoms with Gasteiger partial charge in [0.2, 0.25) is 0 Å². The maximum Gasteiger partial charge on any atom is 0.356 e. The van der Waals surface area contributed by atoms with Crippen molar-refractivity contribution in [2.75, 3.05) is 23.3 Å². The maximum absolute atomic E-state index is 11.6. The van der Waals surface area contributed by atoms with Gasteiger partial charge in [0.05, 0.1) is 17.2 Å². The molecule has 1 aliphatic heterocycles. The van der Waals surface area contributed by atoms with Crippen molar-refractivity contribution < 1.29 is 9.90 Å². The normalized spacial score (nSPS) is 18.0. The molecule has 3 heterocycles. The van der Waals surface area contributed by atoms with Gasteiger partial charge in [0.25, 0.3) is 0 Å². The minimum atomic E-state index is -1.12. The van der Waals surface area contributed by atoms with E-state index in [2.05, 4.69) is 46.4 Å². The van der Waals surface area contributed by atoms with Gasteiger partial charge in [-0.25, -0.2) is 14.8 Å². The van der Waals surface area contributed by atoms with Gasteiger partial charge < -0.3 is 15.3 Å². The van der Waals surface area contributed by atoms with Gasteiger partial charge in [-0.15, -0.1) is 0 Å². The van der Waals surface area contributed by atoms with E-state index in [9.17, 15) is 9.90 Å². The molecule has 2 aromatic heterocycles. The molecule has 7 heteroatoms. The largest absolute Gasteiger partial charge is 0.476 e. The van der Waals surface area contributed by atoms with E-state index in [-0.39, 0.29) is 16.9 Å². The predicted octanol–water partition coefficient (Wildman–Crippen LogP) is 5.84. The van der Waals surface area contributed by atoms with Crippen LogP contribution in [0.4, 0.5) is 11.5 Å². The lowest BCUT2D eigenvalue weighted by atomic mass is 9.93. The van der Waals surface area contributed by atoms with Crippen LogP contribution in [0.2, 0.25) is 5.15 Å². The zero-order valence-corrected chi connectivity index (χ0v) is 19.1. The summed E-state index contributed by atoms with van der Waals surface area (Å²) >= 11 is 5.91. The Labute approximate surface area is 192 Å². The number of fused-ring (bicyclic) bond motifs is 1. The van der Waals surface area contributed by atoms with E-state index in [1.807, 2.05) is 6.92 Å². The van der Waals surface area contributed by atoms with Gasteiger partial charge in [-0.2, -0.15) is 0 Å². The Kier molecular flexibility index (Phi) is 5.20. The lowest BCUT2D eigenvalue weighted by molar-refractivity contribution is 0.0691. The standard InChI is InChI=1S/C25H27ClN4O2/c1-15-13-17-3-6-21(30-11-9-25(7-8-25)10-12-30)29-22(17)18(14-15)16(2)27-19-4-5-20(26)28-23(19)24(31)32/h3-6,13-14,16,27H,7-12H2,1-2H3,(H,31,32)/t16-/m0/s1. The number of nitrogens with one attached hydrogen (secondary N) is 1. The summed E-state index contributed by atoms with van der Waals surface area (Å²) in [5.74, 6) is -0.0973. The molecule has 0 amide bonds. The number of aromatic carboxylic acids is 1. The number of benzene rings is 1. The Balaban J connectivity index is 1.48. The average Bonchev–Trinajstić information content (AvgIpc) is 3.53. The number of pyridine rings is 2. The second-order valence-corrected chi connectivity index (χ2v) is 9.67. The van der Waals surface area contributed by atoms with Crippen molar-refractivity contribution in [3.63, 3.8) is 0 Å². The van der Waals surface area contributed by atoms with Crippen molar-refractivity contribution in [2.45, 2.75) is 45.6 Å². The zero-order chi connectivity index (χ0) is 22.5. The first-order valence-electron chi connectivity index (χ1n) is 11.2. The van der Waals surface area contributed by atoms with E-state index in [0.29, 0.717) is 11.1 Å². The van der Waals surface area contributed by atoms with Crippen molar-refractivity contribution in [3.8, 4) is 0 Å². The van der Waals surface area contributed by atoms with Crippen LogP contribution in [0.1, 0.15) is 60.3 Å². The molecule has 2 N–H and O–H groups in total. The highest BCUT2D eigenvalue weighted by Gasteiger charge is 2.44. The summed E-state index contributed by atoms with van der Waals surface area (Å²) in [6.45, 7) is 6.20. The van der Waals surface area contributed by atoms with Crippen LogP contribution in [-0.4, -0.2) is 34.1 Å². The number of aryl methyl sites for hydroxylation is 1. The van der Waals surface area contributed by atoms with E-state index >= 15 is 0 Å². The van der Waals surface area contributed by atoms with Gasteiger partial charge >= 0.3 is 5.97 Å². The molecule has 1 spiro atoms. The monoisotopic (exact) mass is 450 g/mol. The predicted molar refractivity (Wildman–Crippen MR) is 128 cm³/mol. The van der Waals surface area contributed by atoms with Gasteiger partial charge in [-0.1, -0.05) is 23.2 Å². The fraction of sp³-hybridized carbons (Fsp3) is 0.400. The second kappa shape index (κ2) is 7.93. The molecular formula is C25H27ClN4O2. The fourth-order valence-corrected chi connectivity index (χ4v) is 4.97. The maximum atomic E-state index is 11.6. The molecule has 166 valence electrons. The first kappa shape index (κ1) is 21.0. The van der Waals surface area contributed by atoms with Crippen LogP contribution in [0.15, 0.2) is 36.4 Å². The Morgan fingerprint density at radius 3 is 2.56 bits per heavy atom. The summed E-state index contributed by atoms with van der Waals surface area (Å²) in [5, 5.41) is 14.1. The van der Waals surface area contributed by atoms with Gasteiger partial charge in [-0.05, 0) is 75.3 Å². The lowest BCUT2D eigenvalue weighted by Crippen LogP contribution is -2.34. The van der Waals surface area contributed by atoms with Crippen molar-refractivity contribution >= 4 is 40.0 Å². The third kappa shape index (κ3) is 3.99. The summed E-state index contributed by atoms with van der Waals surface area (Å²) in [4.78, 5) is 23.1. The molecule has 1 aromatic carbocycles. The van der Waals surface area contributed by atoms with Crippen LogP contribution >= 0.6 is 11.6 Å². The quantitative estimate of drug-likeness (QED) is 0.475. The van der Waals surface area contributed by atoms with Crippen LogP contribution < -0.4 is 10.2 Å².